The second-order valence-corrected chi connectivity index (χ2v) is 5.51. The predicted octanol–water partition coefficient (Wildman–Crippen LogP) is 3.20. The molecule has 3 nitrogen and oxygen atoms in total. The molecule has 0 spiro atoms. The molecule has 0 aliphatic carbocycles. The molecule has 0 fully saturated rings. The molecule has 1 rings (SSSR count). The third-order valence-corrected chi connectivity index (χ3v) is 3.06. The summed E-state index contributed by atoms with van der Waals surface area (Å²) in [5.41, 5.74) is 1.10. The first-order valence-electron chi connectivity index (χ1n) is 6.67. The highest BCUT2D eigenvalue weighted by Crippen LogP contribution is 2.28. The highest BCUT2D eigenvalue weighted by molar-refractivity contribution is 6.30. The van der Waals surface area contributed by atoms with Gasteiger partial charge in [-0.2, -0.15) is 13.2 Å². The van der Waals surface area contributed by atoms with Crippen LogP contribution in [0.2, 0.25) is 5.02 Å². The molecule has 0 atom stereocenters. The van der Waals surface area contributed by atoms with Gasteiger partial charge in [-0.25, -0.2) is 0 Å². The minimum absolute atomic E-state index is 0.103. The lowest BCUT2D eigenvalue weighted by molar-refractivity contribution is -0.119. The van der Waals surface area contributed by atoms with Crippen LogP contribution in [0, 0.1) is 0 Å². The first kappa shape index (κ1) is 18.1. The molecule has 7 heteroatoms. The molecule has 0 radical (unpaired) electrons. The van der Waals surface area contributed by atoms with Crippen LogP contribution in [-0.2, 0) is 6.54 Å². The number of nitrogens with zero attached hydrogens (tertiary/aromatic N) is 1. The van der Waals surface area contributed by atoms with Crippen molar-refractivity contribution in [2.45, 2.75) is 32.6 Å². The van der Waals surface area contributed by atoms with E-state index in [-0.39, 0.29) is 19.2 Å². The molecule has 0 saturated carbocycles. The molecular weight excluding hydrogens is 305 g/mol. The fraction of sp³-hybridized carbons (Fsp3) is 0.571. The largest absolute Gasteiger partial charge is 0.405 e. The van der Waals surface area contributed by atoms with Gasteiger partial charge in [-0.1, -0.05) is 31.5 Å². The van der Waals surface area contributed by atoms with E-state index < -0.39 is 12.7 Å². The van der Waals surface area contributed by atoms with Gasteiger partial charge >= 0.3 is 6.18 Å². The standard InChI is InChI=1S/C14H20ClF3N2O/c1-10(2)19-8-11-3-4-12(15)7-13(11)20(5-6-21)9-14(16,17)18/h3-4,7,10,19,21H,5-6,8-9H2,1-2H3. The number of anilines is 1. The average molecular weight is 325 g/mol. The van der Waals surface area contributed by atoms with E-state index >= 15 is 0 Å². The molecule has 0 bridgehead atoms. The zero-order valence-electron chi connectivity index (χ0n) is 12.0. The summed E-state index contributed by atoms with van der Waals surface area (Å²) in [6.45, 7) is 2.76. The van der Waals surface area contributed by atoms with Gasteiger partial charge in [0.15, 0.2) is 0 Å². The van der Waals surface area contributed by atoms with Gasteiger partial charge in [0.25, 0.3) is 0 Å². The van der Waals surface area contributed by atoms with Gasteiger partial charge in [0.05, 0.1) is 6.61 Å². The maximum atomic E-state index is 12.7. The summed E-state index contributed by atoms with van der Waals surface area (Å²) >= 11 is 5.90. The van der Waals surface area contributed by atoms with Crippen molar-refractivity contribution < 1.29 is 18.3 Å². The van der Waals surface area contributed by atoms with Crippen LogP contribution in [0.25, 0.3) is 0 Å². The Morgan fingerprint density at radius 1 is 1.33 bits per heavy atom. The summed E-state index contributed by atoms with van der Waals surface area (Å²) in [5.74, 6) is 0. The zero-order valence-corrected chi connectivity index (χ0v) is 12.8. The fourth-order valence-corrected chi connectivity index (χ4v) is 2.08. The number of aliphatic hydroxyl groups excluding tert-OH is 1. The molecule has 0 amide bonds. The molecule has 0 aliphatic heterocycles. The molecule has 1 aromatic rings. The van der Waals surface area contributed by atoms with Crippen LogP contribution in [0.5, 0.6) is 0 Å². The van der Waals surface area contributed by atoms with E-state index in [1.807, 2.05) is 13.8 Å². The second kappa shape index (κ2) is 7.87. The summed E-state index contributed by atoms with van der Waals surface area (Å²) in [6, 6.07) is 5.06. The number of hydrogen-bond acceptors (Lipinski definition) is 3. The summed E-state index contributed by atoms with van der Waals surface area (Å²) in [6.07, 6.45) is -4.35. The molecule has 120 valence electrons. The zero-order chi connectivity index (χ0) is 16.0. The number of alkyl halides is 3. The van der Waals surface area contributed by atoms with E-state index in [0.717, 1.165) is 4.90 Å². The van der Waals surface area contributed by atoms with Gasteiger partial charge < -0.3 is 15.3 Å². The SMILES string of the molecule is CC(C)NCc1ccc(Cl)cc1N(CCO)CC(F)(F)F. The maximum Gasteiger partial charge on any atom is 0.405 e. The van der Waals surface area contributed by atoms with Gasteiger partial charge in [0.1, 0.15) is 6.54 Å². The Bertz CT molecular complexity index is 452. The summed E-state index contributed by atoms with van der Waals surface area (Å²) in [5, 5.41) is 12.5. The number of aliphatic hydroxyl groups is 1. The van der Waals surface area contributed by atoms with Crippen molar-refractivity contribution >= 4 is 17.3 Å². The number of rotatable bonds is 7. The summed E-state index contributed by atoms with van der Waals surface area (Å²) in [4.78, 5) is 1.10. The Kier molecular flexibility index (Phi) is 6.77. The highest BCUT2D eigenvalue weighted by Gasteiger charge is 2.31. The van der Waals surface area contributed by atoms with Crippen molar-refractivity contribution in [3.8, 4) is 0 Å². The Morgan fingerprint density at radius 2 is 2.00 bits per heavy atom. The molecule has 1 aromatic carbocycles. The lowest BCUT2D eigenvalue weighted by Crippen LogP contribution is -2.37. The minimum atomic E-state index is -4.35. The average Bonchev–Trinajstić information content (AvgIpc) is 2.35. The molecule has 0 aliphatic rings. The van der Waals surface area contributed by atoms with E-state index in [0.29, 0.717) is 22.8 Å². The van der Waals surface area contributed by atoms with Crippen LogP contribution in [0.15, 0.2) is 18.2 Å². The smallest absolute Gasteiger partial charge is 0.395 e. The van der Waals surface area contributed by atoms with Crippen LogP contribution in [-0.4, -0.2) is 37.0 Å². The monoisotopic (exact) mass is 324 g/mol. The second-order valence-electron chi connectivity index (χ2n) is 5.07. The third kappa shape index (κ3) is 6.54. The summed E-state index contributed by atoms with van der Waals surface area (Å²) < 4.78 is 38.1. The van der Waals surface area contributed by atoms with E-state index in [1.165, 1.54) is 6.07 Å². The van der Waals surface area contributed by atoms with E-state index in [1.54, 1.807) is 12.1 Å². The summed E-state index contributed by atoms with van der Waals surface area (Å²) in [7, 11) is 0. The third-order valence-electron chi connectivity index (χ3n) is 2.83. The molecule has 0 aromatic heterocycles. The first-order valence-corrected chi connectivity index (χ1v) is 7.05. The Balaban J connectivity index is 3.06. The highest BCUT2D eigenvalue weighted by atomic mass is 35.5. The molecular formula is C14H20ClF3N2O. The van der Waals surface area contributed by atoms with Crippen LogP contribution in [0.4, 0.5) is 18.9 Å². The van der Waals surface area contributed by atoms with Gasteiger partial charge in [-0.15, -0.1) is 0 Å². The van der Waals surface area contributed by atoms with Gasteiger partial charge in [-0.05, 0) is 17.7 Å². The molecule has 2 N–H and O–H groups in total. The number of nitrogens with one attached hydrogen (secondary N) is 1. The molecule has 0 heterocycles. The molecule has 21 heavy (non-hydrogen) atoms. The predicted molar refractivity (Wildman–Crippen MR) is 78.8 cm³/mol. The Hall–Kier alpha value is -0.980. The number of hydrogen-bond donors (Lipinski definition) is 2. The normalized spacial score (nSPS) is 12.0. The van der Waals surface area contributed by atoms with Gasteiger partial charge in [0.2, 0.25) is 0 Å². The lowest BCUT2D eigenvalue weighted by Gasteiger charge is -2.28. The van der Waals surface area contributed by atoms with Crippen molar-refractivity contribution in [3.05, 3.63) is 28.8 Å². The van der Waals surface area contributed by atoms with Crippen LogP contribution >= 0.6 is 11.6 Å². The first-order chi connectivity index (χ1) is 9.73. The van der Waals surface area contributed by atoms with Crippen molar-refractivity contribution in [3.63, 3.8) is 0 Å². The van der Waals surface area contributed by atoms with Gasteiger partial charge in [-0.3, -0.25) is 0 Å². The van der Waals surface area contributed by atoms with Crippen molar-refractivity contribution in [2.75, 3.05) is 24.6 Å². The number of benzene rings is 1. The van der Waals surface area contributed by atoms with Crippen molar-refractivity contribution in [1.29, 1.82) is 0 Å². The fourth-order valence-electron chi connectivity index (χ4n) is 1.92. The minimum Gasteiger partial charge on any atom is -0.395 e. The topological polar surface area (TPSA) is 35.5 Å². The van der Waals surface area contributed by atoms with E-state index in [2.05, 4.69) is 5.32 Å². The van der Waals surface area contributed by atoms with Crippen LogP contribution in [0.1, 0.15) is 19.4 Å². The van der Waals surface area contributed by atoms with Crippen LogP contribution in [0.3, 0.4) is 0 Å². The van der Waals surface area contributed by atoms with Crippen molar-refractivity contribution in [1.82, 2.24) is 5.32 Å². The van der Waals surface area contributed by atoms with E-state index in [9.17, 15) is 13.2 Å². The van der Waals surface area contributed by atoms with Crippen LogP contribution < -0.4 is 10.2 Å². The number of halogens is 4. The van der Waals surface area contributed by atoms with Gasteiger partial charge in [0, 0.05) is 29.8 Å². The van der Waals surface area contributed by atoms with E-state index in [4.69, 9.17) is 16.7 Å². The molecule has 0 unspecified atom stereocenters. The molecule has 0 saturated heterocycles. The Labute approximate surface area is 127 Å². The maximum absolute atomic E-state index is 12.7. The lowest BCUT2D eigenvalue weighted by atomic mass is 10.1. The Morgan fingerprint density at radius 3 is 2.52 bits per heavy atom. The quantitative estimate of drug-likeness (QED) is 0.808. The van der Waals surface area contributed by atoms with Crippen molar-refractivity contribution in [2.24, 2.45) is 0 Å².